The summed E-state index contributed by atoms with van der Waals surface area (Å²) in [5.74, 6) is 0. The summed E-state index contributed by atoms with van der Waals surface area (Å²) in [5.41, 5.74) is 1.48. The standard InChI is InChI=1S/C10H9N3O3/c14-13(15)10-3-1-2-8(6-10)11-7-9-4-5-16-12-9/h1-6,11H,7H2. The van der Waals surface area contributed by atoms with Crippen LogP contribution in [0.3, 0.4) is 0 Å². The predicted octanol–water partition coefficient (Wildman–Crippen LogP) is 2.19. The summed E-state index contributed by atoms with van der Waals surface area (Å²) in [6.07, 6.45) is 1.48. The molecule has 2 rings (SSSR count). The van der Waals surface area contributed by atoms with Gasteiger partial charge in [-0.1, -0.05) is 11.2 Å². The molecule has 1 N–H and O–H groups in total. The number of benzene rings is 1. The molecular formula is C10H9N3O3. The second-order valence-electron chi connectivity index (χ2n) is 3.15. The molecule has 1 aromatic heterocycles. The smallest absolute Gasteiger partial charge is 0.271 e. The Morgan fingerprint density at radius 1 is 1.44 bits per heavy atom. The molecule has 0 aliphatic rings. The maximum Gasteiger partial charge on any atom is 0.271 e. The van der Waals surface area contributed by atoms with Crippen LogP contribution in [-0.4, -0.2) is 10.1 Å². The fourth-order valence-corrected chi connectivity index (χ4v) is 1.25. The summed E-state index contributed by atoms with van der Waals surface area (Å²) in [6.45, 7) is 0.470. The van der Waals surface area contributed by atoms with Crippen LogP contribution in [0.5, 0.6) is 0 Å². The van der Waals surface area contributed by atoms with Gasteiger partial charge < -0.3 is 9.84 Å². The Hall–Kier alpha value is -2.37. The summed E-state index contributed by atoms with van der Waals surface area (Å²) < 4.78 is 4.67. The molecule has 0 fully saturated rings. The number of aromatic nitrogens is 1. The van der Waals surface area contributed by atoms with Gasteiger partial charge in [0.05, 0.1) is 11.5 Å². The van der Waals surface area contributed by atoms with Gasteiger partial charge in [-0.05, 0) is 6.07 Å². The molecule has 0 saturated carbocycles. The van der Waals surface area contributed by atoms with Crippen molar-refractivity contribution in [2.24, 2.45) is 0 Å². The molecule has 0 saturated heterocycles. The van der Waals surface area contributed by atoms with Gasteiger partial charge in [0.25, 0.3) is 5.69 Å². The van der Waals surface area contributed by atoms with E-state index in [1.807, 2.05) is 0 Å². The summed E-state index contributed by atoms with van der Waals surface area (Å²) in [7, 11) is 0. The molecule has 0 unspecified atom stereocenters. The number of nitro benzene ring substituents is 1. The lowest BCUT2D eigenvalue weighted by atomic mass is 10.3. The molecule has 0 radical (unpaired) electrons. The number of nitrogens with one attached hydrogen (secondary N) is 1. The molecule has 0 spiro atoms. The molecule has 2 aromatic rings. The SMILES string of the molecule is O=[N+]([O-])c1cccc(NCc2ccon2)c1. The van der Waals surface area contributed by atoms with E-state index >= 15 is 0 Å². The maximum atomic E-state index is 10.5. The minimum absolute atomic E-state index is 0.0603. The molecule has 1 aromatic carbocycles. The number of hydrogen-bond donors (Lipinski definition) is 1. The second kappa shape index (κ2) is 4.43. The van der Waals surface area contributed by atoms with E-state index in [1.54, 1.807) is 18.2 Å². The van der Waals surface area contributed by atoms with Crippen LogP contribution in [0, 0.1) is 10.1 Å². The number of nitrogens with zero attached hydrogens (tertiary/aromatic N) is 2. The van der Waals surface area contributed by atoms with Gasteiger partial charge in [0.15, 0.2) is 0 Å². The number of anilines is 1. The van der Waals surface area contributed by atoms with Crippen LogP contribution in [-0.2, 0) is 6.54 Å². The van der Waals surface area contributed by atoms with Crippen molar-refractivity contribution in [2.45, 2.75) is 6.54 Å². The van der Waals surface area contributed by atoms with E-state index in [4.69, 9.17) is 0 Å². The first-order chi connectivity index (χ1) is 7.75. The van der Waals surface area contributed by atoms with Gasteiger partial charge in [-0.3, -0.25) is 10.1 Å². The minimum Gasteiger partial charge on any atom is -0.379 e. The van der Waals surface area contributed by atoms with Crippen LogP contribution in [0.25, 0.3) is 0 Å². The number of hydrogen-bond acceptors (Lipinski definition) is 5. The summed E-state index contributed by atoms with van der Waals surface area (Å²) in [4.78, 5) is 10.1. The molecule has 0 aliphatic heterocycles. The lowest BCUT2D eigenvalue weighted by molar-refractivity contribution is -0.384. The van der Waals surface area contributed by atoms with E-state index in [2.05, 4.69) is 15.0 Å². The zero-order valence-electron chi connectivity index (χ0n) is 8.29. The Morgan fingerprint density at radius 2 is 2.31 bits per heavy atom. The quantitative estimate of drug-likeness (QED) is 0.629. The molecule has 0 bridgehead atoms. The molecule has 0 amide bonds. The normalized spacial score (nSPS) is 10.0. The Kier molecular flexibility index (Phi) is 2.81. The topological polar surface area (TPSA) is 81.2 Å². The zero-order valence-corrected chi connectivity index (χ0v) is 8.29. The van der Waals surface area contributed by atoms with Crippen molar-refractivity contribution in [3.8, 4) is 0 Å². The third-order valence-corrected chi connectivity index (χ3v) is 2.02. The van der Waals surface area contributed by atoms with E-state index in [-0.39, 0.29) is 5.69 Å². The first kappa shape index (κ1) is 10.2. The maximum absolute atomic E-state index is 10.5. The Balaban J connectivity index is 2.04. The largest absolute Gasteiger partial charge is 0.379 e. The van der Waals surface area contributed by atoms with Gasteiger partial charge in [-0.15, -0.1) is 0 Å². The van der Waals surface area contributed by atoms with Gasteiger partial charge in [0.2, 0.25) is 0 Å². The Bertz CT molecular complexity index is 482. The van der Waals surface area contributed by atoms with Gasteiger partial charge in [0, 0.05) is 23.9 Å². The number of nitro groups is 1. The highest BCUT2D eigenvalue weighted by atomic mass is 16.6. The molecule has 0 atom stereocenters. The monoisotopic (exact) mass is 219 g/mol. The molecule has 1 heterocycles. The minimum atomic E-state index is -0.429. The highest BCUT2D eigenvalue weighted by Crippen LogP contribution is 2.17. The fraction of sp³-hybridized carbons (Fsp3) is 0.100. The number of non-ortho nitro benzene ring substituents is 1. The van der Waals surface area contributed by atoms with Crippen molar-refractivity contribution in [1.82, 2.24) is 5.16 Å². The number of rotatable bonds is 4. The Morgan fingerprint density at radius 3 is 3.00 bits per heavy atom. The van der Waals surface area contributed by atoms with Crippen LogP contribution < -0.4 is 5.32 Å². The highest BCUT2D eigenvalue weighted by Gasteiger charge is 2.05. The summed E-state index contributed by atoms with van der Waals surface area (Å²) in [6, 6.07) is 8.03. The molecule has 16 heavy (non-hydrogen) atoms. The molecular weight excluding hydrogens is 210 g/mol. The van der Waals surface area contributed by atoms with Crippen molar-refractivity contribution in [2.75, 3.05) is 5.32 Å². The van der Waals surface area contributed by atoms with Crippen LogP contribution in [0.15, 0.2) is 41.1 Å². The zero-order chi connectivity index (χ0) is 11.4. The van der Waals surface area contributed by atoms with E-state index in [0.29, 0.717) is 12.2 Å². The van der Waals surface area contributed by atoms with Crippen LogP contribution in [0.4, 0.5) is 11.4 Å². The Labute approximate surface area is 91.0 Å². The van der Waals surface area contributed by atoms with Crippen molar-refractivity contribution in [3.05, 3.63) is 52.4 Å². The third kappa shape index (κ3) is 2.35. The van der Waals surface area contributed by atoms with E-state index < -0.39 is 4.92 Å². The van der Waals surface area contributed by atoms with Crippen molar-refractivity contribution < 1.29 is 9.45 Å². The highest BCUT2D eigenvalue weighted by molar-refractivity contribution is 5.50. The average molecular weight is 219 g/mol. The lowest BCUT2D eigenvalue weighted by Crippen LogP contribution is -1.99. The third-order valence-electron chi connectivity index (χ3n) is 2.02. The van der Waals surface area contributed by atoms with Gasteiger partial charge in [-0.25, -0.2) is 0 Å². The van der Waals surface area contributed by atoms with E-state index in [1.165, 1.54) is 18.4 Å². The first-order valence-corrected chi connectivity index (χ1v) is 4.63. The van der Waals surface area contributed by atoms with Crippen molar-refractivity contribution in [1.29, 1.82) is 0 Å². The van der Waals surface area contributed by atoms with E-state index in [9.17, 15) is 10.1 Å². The fourth-order valence-electron chi connectivity index (χ4n) is 1.25. The van der Waals surface area contributed by atoms with Gasteiger partial charge >= 0.3 is 0 Å². The molecule has 82 valence electrons. The summed E-state index contributed by atoms with van der Waals surface area (Å²) >= 11 is 0. The van der Waals surface area contributed by atoms with Crippen LogP contribution >= 0.6 is 0 Å². The average Bonchev–Trinajstić information content (AvgIpc) is 2.79. The van der Waals surface area contributed by atoms with Gasteiger partial charge in [0.1, 0.15) is 12.0 Å². The first-order valence-electron chi connectivity index (χ1n) is 4.63. The predicted molar refractivity (Wildman–Crippen MR) is 56.9 cm³/mol. The van der Waals surface area contributed by atoms with Crippen molar-refractivity contribution >= 4 is 11.4 Å². The van der Waals surface area contributed by atoms with Gasteiger partial charge in [-0.2, -0.15) is 0 Å². The van der Waals surface area contributed by atoms with E-state index in [0.717, 1.165) is 5.69 Å². The summed E-state index contributed by atoms with van der Waals surface area (Å²) in [5, 5.41) is 17.3. The second-order valence-corrected chi connectivity index (χ2v) is 3.15. The molecule has 6 heteroatoms. The van der Waals surface area contributed by atoms with Crippen LogP contribution in [0.2, 0.25) is 0 Å². The molecule has 0 aliphatic carbocycles. The lowest BCUT2D eigenvalue weighted by Gasteiger charge is -2.02. The van der Waals surface area contributed by atoms with Crippen molar-refractivity contribution in [3.63, 3.8) is 0 Å². The van der Waals surface area contributed by atoms with Crippen LogP contribution in [0.1, 0.15) is 5.69 Å². The molecule has 6 nitrogen and oxygen atoms in total.